The standard InChI is InChI=1S/C10H21NO2/c1-5-6-7-13-9(12)8-11-10(2,3)4/h11H,5-8H2,1-4H3. The second-order valence-corrected chi connectivity index (χ2v) is 4.18. The molecule has 78 valence electrons. The minimum absolute atomic E-state index is 0.0240. The number of nitrogens with one attached hydrogen (secondary N) is 1. The molecule has 0 aromatic carbocycles. The van der Waals surface area contributed by atoms with Gasteiger partial charge >= 0.3 is 5.97 Å². The van der Waals surface area contributed by atoms with Crippen LogP contribution in [0.4, 0.5) is 0 Å². The third-order valence-corrected chi connectivity index (χ3v) is 1.52. The van der Waals surface area contributed by atoms with Crippen LogP contribution in [0.5, 0.6) is 0 Å². The summed E-state index contributed by atoms with van der Waals surface area (Å²) in [5.41, 5.74) is -0.0240. The molecular formula is C10H21NO2. The third kappa shape index (κ3) is 9.34. The van der Waals surface area contributed by atoms with E-state index in [1.54, 1.807) is 0 Å². The Morgan fingerprint density at radius 2 is 2.00 bits per heavy atom. The Bertz CT molecular complexity index is 149. The molecule has 13 heavy (non-hydrogen) atoms. The van der Waals surface area contributed by atoms with Crippen LogP contribution in [0.2, 0.25) is 0 Å². The minimum atomic E-state index is -0.164. The fraction of sp³-hybridized carbons (Fsp3) is 0.900. The summed E-state index contributed by atoms with van der Waals surface area (Å²) in [5.74, 6) is -0.164. The number of ether oxygens (including phenoxy) is 1. The number of carbonyl (C=O) groups excluding carboxylic acids is 1. The van der Waals surface area contributed by atoms with Crippen molar-refractivity contribution in [3.8, 4) is 0 Å². The molecule has 0 radical (unpaired) electrons. The Hall–Kier alpha value is -0.570. The SMILES string of the molecule is CCCCOC(=O)CNC(C)(C)C. The highest BCUT2D eigenvalue weighted by molar-refractivity contribution is 5.71. The van der Waals surface area contributed by atoms with E-state index in [1.807, 2.05) is 20.8 Å². The molecule has 0 aliphatic carbocycles. The van der Waals surface area contributed by atoms with Crippen LogP contribution in [0.3, 0.4) is 0 Å². The Labute approximate surface area is 80.8 Å². The van der Waals surface area contributed by atoms with Crippen molar-refractivity contribution in [2.24, 2.45) is 0 Å². The molecule has 0 amide bonds. The molecule has 1 N–H and O–H groups in total. The predicted octanol–water partition coefficient (Wildman–Crippen LogP) is 1.72. The van der Waals surface area contributed by atoms with E-state index in [4.69, 9.17) is 4.74 Å². The molecule has 0 aromatic heterocycles. The fourth-order valence-corrected chi connectivity index (χ4v) is 0.719. The highest BCUT2D eigenvalue weighted by Gasteiger charge is 2.11. The second-order valence-electron chi connectivity index (χ2n) is 4.18. The molecule has 0 saturated carbocycles. The molecule has 0 bridgehead atoms. The van der Waals surface area contributed by atoms with Gasteiger partial charge in [0, 0.05) is 5.54 Å². The first-order chi connectivity index (χ1) is 5.95. The molecule has 0 rings (SSSR count). The van der Waals surface area contributed by atoms with Crippen molar-refractivity contribution in [3.05, 3.63) is 0 Å². The molecule has 0 aliphatic heterocycles. The molecule has 0 atom stereocenters. The van der Waals surface area contributed by atoms with E-state index < -0.39 is 0 Å². The minimum Gasteiger partial charge on any atom is -0.465 e. The van der Waals surface area contributed by atoms with Crippen LogP contribution in [0.25, 0.3) is 0 Å². The Morgan fingerprint density at radius 3 is 2.46 bits per heavy atom. The summed E-state index contributed by atoms with van der Waals surface area (Å²) in [7, 11) is 0. The first kappa shape index (κ1) is 12.4. The van der Waals surface area contributed by atoms with Crippen molar-refractivity contribution < 1.29 is 9.53 Å². The molecule has 0 aliphatic rings. The number of carbonyl (C=O) groups is 1. The average Bonchev–Trinajstić information content (AvgIpc) is 2.00. The van der Waals surface area contributed by atoms with Gasteiger partial charge in [0.2, 0.25) is 0 Å². The number of esters is 1. The predicted molar refractivity (Wildman–Crippen MR) is 53.6 cm³/mol. The fourth-order valence-electron chi connectivity index (χ4n) is 0.719. The molecule has 0 spiro atoms. The molecular weight excluding hydrogens is 166 g/mol. The summed E-state index contributed by atoms with van der Waals surface area (Å²) in [5, 5.41) is 3.07. The monoisotopic (exact) mass is 187 g/mol. The van der Waals surface area contributed by atoms with Crippen LogP contribution in [-0.4, -0.2) is 24.7 Å². The summed E-state index contributed by atoms with van der Waals surface area (Å²) in [6.45, 7) is 8.97. The van der Waals surface area contributed by atoms with Gasteiger partial charge in [-0.1, -0.05) is 13.3 Å². The van der Waals surface area contributed by atoms with Crippen LogP contribution in [-0.2, 0) is 9.53 Å². The summed E-state index contributed by atoms with van der Waals surface area (Å²) in [6.07, 6.45) is 2.00. The molecule has 0 unspecified atom stereocenters. The maximum absolute atomic E-state index is 11.1. The normalized spacial score (nSPS) is 11.4. The van der Waals surface area contributed by atoms with E-state index >= 15 is 0 Å². The second kappa shape index (κ2) is 5.97. The first-order valence-electron chi connectivity index (χ1n) is 4.86. The lowest BCUT2D eigenvalue weighted by atomic mass is 10.1. The quantitative estimate of drug-likeness (QED) is 0.526. The van der Waals surface area contributed by atoms with Crippen molar-refractivity contribution in [1.29, 1.82) is 0 Å². The Morgan fingerprint density at radius 1 is 1.38 bits per heavy atom. The molecule has 3 nitrogen and oxygen atoms in total. The lowest BCUT2D eigenvalue weighted by molar-refractivity contribution is -0.143. The summed E-state index contributed by atoms with van der Waals surface area (Å²) >= 11 is 0. The summed E-state index contributed by atoms with van der Waals surface area (Å²) in [4.78, 5) is 11.1. The lowest BCUT2D eigenvalue weighted by Crippen LogP contribution is -2.39. The van der Waals surface area contributed by atoms with Gasteiger partial charge in [0.1, 0.15) is 0 Å². The molecule has 0 aromatic rings. The van der Waals surface area contributed by atoms with Gasteiger partial charge in [0.15, 0.2) is 0 Å². The zero-order valence-corrected chi connectivity index (χ0v) is 9.14. The lowest BCUT2D eigenvalue weighted by Gasteiger charge is -2.19. The molecule has 0 saturated heterocycles. The zero-order chi connectivity index (χ0) is 10.3. The average molecular weight is 187 g/mol. The van der Waals surface area contributed by atoms with Gasteiger partial charge in [-0.3, -0.25) is 4.79 Å². The van der Waals surface area contributed by atoms with E-state index in [9.17, 15) is 4.79 Å². The molecule has 3 heteroatoms. The number of hydrogen-bond acceptors (Lipinski definition) is 3. The van der Waals surface area contributed by atoms with Gasteiger partial charge in [0.25, 0.3) is 0 Å². The smallest absolute Gasteiger partial charge is 0.319 e. The zero-order valence-electron chi connectivity index (χ0n) is 9.14. The number of rotatable bonds is 5. The van der Waals surface area contributed by atoms with Gasteiger partial charge < -0.3 is 10.1 Å². The van der Waals surface area contributed by atoms with E-state index in [-0.39, 0.29) is 11.5 Å². The van der Waals surface area contributed by atoms with Crippen molar-refractivity contribution in [3.63, 3.8) is 0 Å². The first-order valence-corrected chi connectivity index (χ1v) is 4.86. The number of unbranched alkanes of at least 4 members (excludes halogenated alkanes) is 1. The van der Waals surface area contributed by atoms with Gasteiger partial charge in [-0.05, 0) is 27.2 Å². The topological polar surface area (TPSA) is 38.3 Å². The van der Waals surface area contributed by atoms with Crippen LogP contribution in [0, 0.1) is 0 Å². The maximum Gasteiger partial charge on any atom is 0.319 e. The van der Waals surface area contributed by atoms with Crippen LogP contribution >= 0.6 is 0 Å². The van der Waals surface area contributed by atoms with E-state index in [0.29, 0.717) is 13.2 Å². The van der Waals surface area contributed by atoms with E-state index in [1.165, 1.54) is 0 Å². The van der Waals surface area contributed by atoms with Crippen LogP contribution in [0.1, 0.15) is 40.5 Å². The highest BCUT2D eigenvalue weighted by Crippen LogP contribution is 1.97. The third-order valence-electron chi connectivity index (χ3n) is 1.52. The number of hydrogen-bond donors (Lipinski definition) is 1. The van der Waals surface area contributed by atoms with Gasteiger partial charge in [-0.2, -0.15) is 0 Å². The van der Waals surface area contributed by atoms with E-state index in [0.717, 1.165) is 12.8 Å². The van der Waals surface area contributed by atoms with E-state index in [2.05, 4.69) is 12.2 Å². The van der Waals surface area contributed by atoms with Crippen molar-refractivity contribution in [1.82, 2.24) is 5.32 Å². The summed E-state index contributed by atoms with van der Waals surface area (Å²) in [6, 6.07) is 0. The highest BCUT2D eigenvalue weighted by atomic mass is 16.5. The van der Waals surface area contributed by atoms with Gasteiger partial charge in [-0.15, -0.1) is 0 Å². The molecule has 0 fully saturated rings. The van der Waals surface area contributed by atoms with Gasteiger partial charge in [-0.25, -0.2) is 0 Å². The maximum atomic E-state index is 11.1. The van der Waals surface area contributed by atoms with Crippen molar-refractivity contribution >= 4 is 5.97 Å². The largest absolute Gasteiger partial charge is 0.465 e. The van der Waals surface area contributed by atoms with Crippen molar-refractivity contribution in [2.75, 3.05) is 13.2 Å². The van der Waals surface area contributed by atoms with Crippen LogP contribution in [0.15, 0.2) is 0 Å². The van der Waals surface area contributed by atoms with Crippen molar-refractivity contribution in [2.45, 2.75) is 46.1 Å². The Kier molecular flexibility index (Phi) is 5.71. The van der Waals surface area contributed by atoms with Gasteiger partial charge in [0.05, 0.1) is 13.2 Å². The van der Waals surface area contributed by atoms with Crippen LogP contribution < -0.4 is 5.32 Å². The summed E-state index contributed by atoms with van der Waals surface area (Å²) < 4.78 is 4.98. The Balaban J connectivity index is 3.41. The molecule has 0 heterocycles.